The van der Waals surface area contributed by atoms with Crippen LogP contribution in [0.3, 0.4) is 0 Å². The Labute approximate surface area is 139 Å². The molecule has 0 amide bonds. The van der Waals surface area contributed by atoms with Crippen LogP contribution in [0.25, 0.3) is 0 Å². The van der Waals surface area contributed by atoms with Gasteiger partial charge in [-0.15, -0.1) is 0 Å². The van der Waals surface area contributed by atoms with E-state index in [-0.39, 0.29) is 0 Å². The summed E-state index contributed by atoms with van der Waals surface area (Å²) in [6.45, 7) is -0.508. The van der Waals surface area contributed by atoms with Crippen LogP contribution in [0.15, 0.2) is 23.1 Å². The van der Waals surface area contributed by atoms with Crippen LogP contribution in [0.5, 0.6) is 0 Å². The van der Waals surface area contributed by atoms with Crippen LogP contribution in [0.4, 0.5) is 13.2 Å². The molecule has 0 bridgehead atoms. The monoisotopic (exact) mass is 373 g/mol. The average molecular weight is 374 g/mol. The number of benzene rings is 1. The topological polar surface area (TPSA) is 95.9 Å². The van der Waals surface area contributed by atoms with Crippen molar-refractivity contribution in [2.45, 2.75) is 40.9 Å². The van der Waals surface area contributed by atoms with Gasteiger partial charge in [0.05, 0.1) is 23.2 Å². The SMILES string of the molecule is NC1C(O)C(CO)OC(Sc2ccc(C(F)(F)F)c(Cl)c2)C1O. The van der Waals surface area contributed by atoms with E-state index in [1.807, 2.05) is 0 Å². The quantitative estimate of drug-likeness (QED) is 0.636. The van der Waals surface area contributed by atoms with Crippen molar-refractivity contribution in [3.8, 4) is 0 Å². The Hall–Kier alpha value is -0.550. The summed E-state index contributed by atoms with van der Waals surface area (Å²) in [6, 6.07) is 2.08. The maximum absolute atomic E-state index is 12.7. The van der Waals surface area contributed by atoms with Crippen molar-refractivity contribution in [1.29, 1.82) is 0 Å². The van der Waals surface area contributed by atoms with E-state index in [0.29, 0.717) is 4.90 Å². The lowest BCUT2D eigenvalue weighted by molar-refractivity contribution is -0.160. The molecule has 1 saturated heterocycles. The number of halogens is 4. The number of thioether (sulfide) groups is 1. The molecule has 0 aliphatic carbocycles. The third kappa shape index (κ3) is 4.11. The zero-order valence-corrected chi connectivity index (χ0v) is 13.1. The van der Waals surface area contributed by atoms with Crippen LogP contribution >= 0.6 is 23.4 Å². The third-order valence-electron chi connectivity index (χ3n) is 3.44. The second-order valence-electron chi connectivity index (χ2n) is 5.04. The summed E-state index contributed by atoms with van der Waals surface area (Å²) >= 11 is 6.54. The molecule has 1 aliphatic heterocycles. The Bertz CT molecular complexity index is 561. The summed E-state index contributed by atoms with van der Waals surface area (Å²) in [5.74, 6) is 0. The molecule has 5 atom stereocenters. The highest BCUT2D eigenvalue weighted by molar-refractivity contribution is 7.99. The molecule has 0 aromatic heterocycles. The second kappa shape index (κ2) is 7.14. The molecule has 5 nitrogen and oxygen atoms in total. The Morgan fingerprint density at radius 2 is 1.91 bits per heavy atom. The lowest BCUT2D eigenvalue weighted by Gasteiger charge is -2.40. The van der Waals surface area contributed by atoms with Crippen molar-refractivity contribution in [2.24, 2.45) is 5.73 Å². The van der Waals surface area contributed by atoms with Crippen LogP contribution in [0.2, 0.25) is 5.02 Å². The molecule has 5 N–H and O–H groups in total. The molecule has 1 aliphatic rings. The molecular weight excluding hydrogens is 359 g/mol. The molecular formula is C13H15ClF3NO4S. The van der Waals surface area contributed by atoms with Gasteiger partial charge in [0.2, 0.25) is 0 Å². The van der Waals surface area contributed by atoms with E-state index >= 15 is 0 Å². The van der Waals surface area contributed by atoms with Gasteiger partial charge in [-0.1, -0.05) is 23.4 Å². The van der Waals surface area contributed by atoms with Crippen molar-refractivity contribution in [1.82, 2.24) is 0 Å². The van der Waals surface area contributed by atoms with E-state index in [2.05, 4.69) is 0 Å². The molecule has 10 heteroatoms. The van der Waals surface area contributed by atoms with Crippen molar-refractivity contribution < 1.29 is 33.2 Å². The minimum atomic E-state index is -4.56. The minimum absolute atomic E-state index is 0.326. The Kier molecular flexibility index (Phi) is 5.83. The Morgan fingerprint density at radius 1 is 1.26 bits per heavy atom. The zero-order chi connectivity index (χ0) is 17.4. The molecule has 0 radical (unpaired) electrons. The van der Waals surface area contributed by atoms with Crippen molar-refractivity contribution >= 4 is 23.4 Å². The highest BCUT2D eigenvalue weighted by Crippen LogP contribution is 2.39. The van der Waals surface area contributed by atoms with Gasteiger partial charge in [0.25, 0.3) is 0 Å². The number of ether oxygens (including phenoxy) is 1. The van der Waals surface area contributed by atoms with Crippen LogP contribution in [-0.2, 0) is 10.9 Å². The fourth-order valence-corrected chi connectivity index (χ4v) is 3.62. The van der Waals surface area contributed by atoms with E-state index in [4.69, 9.17) is 27.2 Å². The van der Waals surface area contributed by atoms with Gasteiger partial charge in [0.15, 0.2) is 0 Å². The van der Waals surface area contributed by atoms with Gasteiger partial charge in [-0.3, -0.25) is 0 Å². The van der Waals surface area contributed by atoms with Gasteiger partial charge in [0, 0.05) is 4.90 Å². The van der Waals surface area contributed by atoms with Crippen molar-refractivity contribution in [2.75, 3.05) is 6.61 Å². The third-order valence-corrected chi connectivity index (χ3v) is 4.90. The highest BCUT2D eigenvalue weighted by atomic mass is 35.5. The van der Waals surface area contributed by atoms with Crippen LogP contribution in [0, 0.1) is 0 Å². The fourth-order valence-electron chi connectivity index (χ4n) is 2.15. The van der Waals surface area contributed by atoms with Gasteiger partial charge in [-0.25, -0.2) is 0 Å². The summed E-state index contributed by atoms with van der Waals surface area (Å²) in [4.78, 5) is 0.326. The lowest BCUT2D eigenvalue weighted by Crippen LogP contribution is -2.61. The van der Waals surface area contributed by atoms with Gasteiger partial charge in [0.1, 0.15) is 23.7 Å². The van der Waals surface area contributed by atoms with E-state index in [1.54, 1.807) is 0 Å². The van der Waals surface area contributed by atoms with E-state index in [1.165, 1.54) is 6.07 Å². The largest absolute Gasteiger partial charge is 0.417 e. The molecule has 23 heavy (non-hydrogen) atoms. The average Bonchev–Trinajstić information content (AvgIpc) is 2.46. The van der Waals surface area contributed by atoms with Crippen LogP contribution in [0.1, 0.15) is 5.56 Å². The van der Waals surface area contributed by atoms with Gasteiger partial charge >= 0.3 is 6.18 Å². The molecule has 0 spiro atoms. The Morgan fingerprint density at radius 3 is 2.43 bits per heavy atom. The summed E-state index contributed by atoms with van der Waals surface area (Å²) in [5.41, 5.74) is 3.74. The number of hydrogen-bond acceptors (Lipinski definition) is 6. The molecule has 1 aromatic rings. The first-order valence-corrected chi connectivity index (χ1v) is 7.82. The maximum Gasteiger partial charge on any atom is 0.417 e. The molecule has 2 rings (SSSR count). The minimum Gasteiger partial charge on any atom is -0.394 e. The highest BCUT2D eigenvalue weighted by Gasteiger charge is 2.43. The van der Waals surface area contributed by atoms with Gasteiger partial charge in [-0.05, 0) is 18.2 Å². The smallest absolute Gasteiger partial charge is 0.394 e. The molecule has 1 aromatic carbocycles. The second-order valence-corrected chi connectivity index (χ2v) is 6.62. The predicted octanol–water partition coefficient (Wildman–Crippen LogP) is 1.22. The van der Waals surface area contributed by atoms with Crippen molar-refractivity contribution in [3.63, 3.8) is 0 Å². The van der Waals surface area contributed by atoms with Crippen LogP contribution < -0.4 is 5.73 Å². The number of alkyl halides is 3. The number of aliphatic hydroxyl groups excluding tert-OH is 3. The van der Waals surface area contributed by atoms with Crippen molar-refractivity contribution in [3.05, 3.63) is 28.8 Å². The van der Waals surface area contributed by atoms with Gasteiger partial charge in [-0.2, -0.15) is 13.2 Å². The fraction of sp³-hybridized carbons (Fsp3) is 0.538. The zero-order valence-electron chi connectivity index (χ0n) is 11.6. The summed E-state index contributed by atoms with van der Waals surface area (Å²) in [5, 5.41) is 28.4. The first-order valence-electron chi connectivity index (χ1n) is 6.56. The maximum atomic E-state index is 12.7. The summed E-state index contributed by atoms with van der Waals surface area (Å²) < 4.78 is 43.3. The number of aliphatic hydroxyl groups is 3. The van der Waals surface area contributed by atoms with Gasteiger partial charge < -0.3 is 25.8 Å². The van der Waals surface area contributed by atoms with E-state index in [9.17, 15) is 23.4 Å². The molecule has 1 heterocycles. The predicted molar refractivity (Wildman–Crippen MR) is 78.0 cm³/mol. The first-order chi connectivity index (χ1) is 10.6. The standard InChI is InChI=1S/C13H15ClF3NO4S/c14-7-3-5(1-2-6(7)13(15,16)17)23-12-11(21)9(18)10(20)8(4-19)22-12/h1-3,8-12,19-21H,4,18H2. The molecule has 1 fully saturated rings. The van der Waals surface area contributed by atoms with Crippen LogP contribution in [-0.4, -0.2) is 51.7 Å². The number of nitrogens with two attached hydrogens (primary N) is 1. The summed E-state index contributed by atoms with van der Waals surface area (Å²) in [6.07, 6.45) is -8.06. The lowest BCUT2D eigenvalue weighted by atomic mass is 9.98. The first kappa shape index (κ1) is 18.8. The molecule has 5 unspecified atom stereocenters. The molecule has 0 saturated carbocycles. The molecule has 130 valence electrons. The van der Waals surface area contributed by atoms with E-state index in [0.717, 1.165) is 23.9 Å². The normalized spacial score (nSPS) is 32.1. The number of hydrogen-bond donors (Lipinski definition) is 4. The number of rotatable bonds is 3. The van der Waals surface area contributed by atoms with E-state index < -0.39 is 53.2 Å². The summed E-state index contributed by atoms with van der Waals surface area (Å²) in [7, 11) is 0. The Balaban J connectivity index is 2.17.